The minimum Gasteiger partial charge on any atom is -0.481 e. The molecule has 1 unspecified atom stereocenters. The van der Waals surface area contributed by atoms with Crippen molar-refractivity contribution in [3.05, 3.63) is 23.8 Å². The van der Waals surface area contributed by atoms with Crippen LogP contribution in [0.4, 0.5) is 0 Å². The standard InChI is InChI=1S/C21H34O4/c1-2-3-4-8-17(22)10-11-18-19-13-15(7-5-6-9-21(24)25)12-16(19)14-20(18)23/h10-12,16-20,22-23H,2-9,13-14H2,1H3,(H,24,25)/b11-10+/t16-,17-,18?,19-,20+/m0/s1. The number of hydrogen-bond acceptors (Lipinski definition) is 3. The third-order valence-corrected chi connectivity index (χ3v) is 5.75. The molecule has 25 heavy (non-hydrogen) atoms. The summed E-state index contributed by atoms with van der Waals surface area (Å²) in [6, 6.07) is 0. The molecule has 1 fully saturated rings. The van der Waals surface area contributed by atoms with Gasteiger partial charge in [0, 0.05) is 12.3 Å². The van der Waals surface area contributed by atoms with Gasteiger partial charge in [0.2, 0.25) is 0 Å². The lowest BCUT2D eigenvalue weighted by Gasteiger charge is -2.19. The zero-order chi connectivity index (χ0) is 18.2. The zero-order valence-corrected chi connectivity index (χ0v) is 15.4. The molecule has 0 bridgehead atoms. The van der Waals surface area contributed by atoms with Gasteiger partial charge in [-0.25, -0.2) is 0 Å². The Bertz CT molecular complexity index is 482. The lowest BCUT2D eigenvalue weighted by molar-refractivity contribution is -0.137. The van der Waals surface area contributed by atoms with Crippen molar-refractivity contribution >= 4 is 5.97 Å². The van der Waals surface area contributed by atoms with Crippen molar-refractivity contribution < 1.29 is 20.1 Å². The highest BCUT2D eigenvalue weighted by molar-refractivity contribution is 5.66. The van der Waals surface area contributed by atoms with Gasteiger partial charge in [0.25, 0.3) is 0 Å². The van der Waals surface area contributed by atoms with Crippen molar-refractivity contribution in [1.29, 1.82) is 0 Å². The Balaban J connectivity index is 1.78. The predicted molar refractivity (Wildman–Crippen MR) is 99.2 cm³/mol. The third kappa shape index (κ3) is 6.27. The van der Waals surface area contributed by atoms with Crippen LogP contribution in [0.2, 0.25) is 0 Å². The molecule has 0 saturated heterocycles. The van der Waals surface area contributed by atoms with E-state index in [-0.39, 0.29) is 18.4 Å². The van der Waals surface area contributed by atoms with E-state index in [4.69, 9.17) is 5.11 Å². The Hall–Kier alpha value is -1.13. The van der Waals surface area contributed by atoms with Gasteiger partial charge < -0.3 is 15.3 Å². The maximum absolute atomic E-state index is 10.6. The molecule has 5 atom stereocenters. The fraction of sp³-hybridized carbons (Fsp3) is 0.762. The molecular weight excluding hydrogens is 316 g/mol. The summed E-state index contributed by atoms with van der Waals surface area (Å²) in [5.41, 5.74) is 1.43. The van der Waals surface area contributed by atoms with Crippen LogP contribution in [0.5, 0.6) is 0 Å². The fourth-order valence-electron chi connectivity index (χ4n) is 4.38. The Morgan fingerprint density at radius 1 is 1.32 bits per heavy atom. The number of carbonyl (C=O) groups is 1. The van der Waals surface area contributed by atoms with Gasteiger partial charge in [-0.05, 0) is 50.4 Å². The van der Waals surface area contributed by atoms with E-state index in [0.717, 1.165) is 57.8 Å². The number of fused-ring (bicyclic) bond motifs is 1. The molecule has 2 aliphatic carbocycles. The molecule has 4 heteroatoms. The molecule has 3 N–H and O–H groups in total. The maximum atomic E-state index is 10.6. The van der Waals surface area contributed by atoms with Gasteiger partial charge in [0.15, 0.2) is 0 Å². The lowest BCUT2D eigenvalue weighted by atomic mass is 9.88. The van der Waals surface area contributed by atoms with E-state index in [9.17, 15) is 15.0 Å². The van der Waals surface area contributed by atoms with Crippen molar-refractivity contribution in [1.82, 2.24) is 0 Å². The summed E-state index contributed by atoms with van der Waals surface area (Å²) < 4.78 is 0. The number of carboxylic acid groups (broad SMARTS) is 1. The Labute approximate surface area is 151 Å². The van der Waals surface area contributed by atoms with E-state index in [0.29, 0.717) is 11.8 Å². The molecule has 142 valence electrons. The van der Waals surface area contributed by atoms with Crippen molar-refractivity contribution in [3.63, 3.8) is 0 Å². The van der Waals surface area contributed by atoms with Crippen molar-refractivity contribution in [2.24, 2.45) is 17.8 Å². The smallest absolute Gasteiger partial charge is 0.303 e. The van der Waals surface area contributed by atoms with Crippen LogP contribution in [0.3, 0.4) is 0 Å². The molecule has 0 heterocycles. The number of rotatable bonds is 11. The minimum atomic E-state index is -0.719. The van der Waals surface area contributed by atoms with E-state index in [1.165, 1.54) is 5.57 Å². The summed E-state index contributed by atoms with van der Waals surface area (Å²) in [7, 11) is 0. The molecule has 0 amide bonds. The van der Waals surface area contributed by atoms with Crippen LogP contribution in [-0.2, 0) is 4.79 Å². The summed E-state index contributed by atoms with van der Waals surface area (Å²) in [5, 5.41) is 29.1. The van der Waals surface area contributed by atoms with Gasteiger partial charge in [0.1, 0.15) is 0 Å². The molecule has 4 nitrogen and oxygen atoms in total. The predicted octanol–water partition coefficient (Wildman–Crippen LogP) is 4.07. The second kappa shape index (κ2) is 10.1. The van der Waals surface area contributed by atoms with Gasteiger partial charge in [-0.1, -0.05) is 50.0 Å². The molecule has 0 spiro atoms. The highest BCUT2D eigenvalue weighted by Gasteiger charge is 2.43. The topological polar surface area (TPSA) is 77.8 Å². The number of unbranched alkanes of at least 4 members (excludes halogenated alkanes) is 3. The first-order valence-corrected chi connectivity index (χ1v) is 9.97. The number of allylic oxidation sites excluding steroid dienone is 2. The lowest BCUT2D eigenvalue weighted by Crippen LogP contribution is -2.18. The molecular formula is C21H34O4. The molecule has 0 aromatic rings. The number of aliphatic hydroxyl groups excluding tert-OH is 2. The molecule has 2 aliphatic rings. The normalized spacial score (nSPS) is 29.8. The third-order valence-electron chi connectivity index (χ3n) is 5.75. The molecule has 2 rings (SSSR count). The molecule has 0 aliphatic heterocycles. The van der Waals surface area contributed by atoms with Gasteiger partial charge in [-0.2, -0.15) is 0 Å². The summed E-state index contributed by atoms with van der Waals surface area (Å²) in [6.07, 6.45) is 14.4. The Morgan fingerprint density at radius 2 is 2.12 bits per heavy atom. The van der Waals surface area contributed by atoms with E-state index < -0.39 is 12.1 Å². The van der Waals surface area contributed by atoms with Crippen molar-refractivity contribution in [2.75, 3.05) is 0 Å². The highest BCUT2D eigenvalue weighted by atomic mass is 16.4. The summed E-state index contributed by atoms with van der Waals surface area (Å²) >= 11 is 0. The van der Waals surface area contributed by atoms with Crippen molar-refractivity contribution in [3.8, 4) is 0 Å². The number of aliphatic hydroxyl groups is 2. The maximum Gasteiger partial charge on any atom is 0.303 e. The second-order valence-electron chi connectivity index (χ2n) is 7.79. The monoisotopic (exact) mass is 350 g/mol. The first-order valence-electron chi connectivity index (χ1n) is 9.97. The number of carboxylic acids is 1. The number of aliphatic carboxylic acids is 1. The summed E-state index contributed by atoms with van der Waals surface area (Å²) in [6.45, 7) is 2.16. The van der Waals surface area contributed by atoms with Gasteiger partial charge in [-0.15, -0.1) is 0 Å². The second-order valence-corrected chi connectivity index (χ2v) is 7.79. The largest absolute Gasteiger partial charge is 0.481 e. The molecule has 0 aromatic carbocycles. The SMILES string of the molecule is CCCCC[C@H](O)/C=C/C1[C@H](O)C[C@@H]2C=C(CCCCC(=O)O)C[C@H]12. The molecule has 0 aromatic heterocycles. The van der Waals surface area contributed by atoms with Crippen LogP contribution in [-0.4, -0.2) is 33.5 Å². The van der Waals surface area contributed by atoms with Crippen LogP contribution < -0.4 is 0 Å². The van der Waals surface area contributed by atoms with E-state index in [1.54, 1.807) is 0 Å². The quantitative estimate of drug-likeness (QED) is 0.388. The number of hydrogen-bond donors (Lipinski definition) is 3. The molecule has 1 saturated carbocycles. The Kier molecular flexibility index (Phi) is 8.17. The van der Waals surface area contributed by atoms with E-state index >= 15 is 0 Å². The van der Waals surface area contributed by atoms with Crippen LogP contribution in [0, 0.1) is 17.8 Å². The highest BCUT2D eigenvalue weighted by Crippen LogP contribution is 2.48. The molecule has 0 radical (unpaired) electrons. The first kappa shape index (κ1) is 20.2. The zero-order valence-electron chi connectivity index (χ0n) is 15.4. The summed E-state index contributed by atoms with van der Waals surface area (Å²) in [4.78, 5) is 10.6. The minimum absolute atomic E-state index is 0.138. The van der Waals surface area contributed by atoms with Crippen LogP contribution in [0.15, 0.2) is 23.8 Å². The first-order chi connectivity index (χ1) is 12.0. The van der Waals surface area contributed by atoms with Crippen molar-refractivity contribution in [2.45, 2.75) is 83.3 Å². The van der Waals surface area contributed by atoms with Gasteiger partial charge in [0.05, 0.1) is 12.2 Å². The van der Waals surface area contributed by atoms with Gasteiger partial charge >= 0.3 is 5.97 Å². The van der Waals surface area contributed by atoms with Crippen LogP contribution >= 0.6 is 0 Å². The van der Waals surface area contributed by atoms with Crippen LogP contribution in [0.25, 0.3) is 0 Å². The summed E-state index contributed by atoms with van der Waals surface area (Å²) in [5.74, 6) is 0.307. The van der Waals surface area contributed by atoms with E-state index in [1.807, 2.05) is 12.2 Å². The fourth-order valence-corrected chi connectivity index (χ4v) is 4.38. The Morgan fingerprint density at radius 3 is 2.84 bits per heavy atom. The van der Waals surface area contributed by atoms with E-state index in [2.05, 4.69) is 13.0 Å². The van der Waals surface area contributed by atoms with Crippen LogP contribution in [0.1, 0.15) is 71.1 Å². The average molecular weight is 350 g/mol. The van der Waals surface area contributed by atoms with Gasteiger partial charge in [-0.3, -0.25) is 4.79 Å². The average Bonchev–Trinajstić information content (AvgIpc) is 3.06.